The lowest BCUT2D eigenvalue weighted by atomic mass is 9.97. The van der Waals surface area contributed by atoms with Crippen LogP contribution in [0, 0.1) is 13.8 Å². The van der Waals surface area contributed by atoms with Gasteiger partial charge in [-0.05, 0) is 42.5 Å². The summed E-state index contributed by atoms with van der Waals surface area (Å²) in [6, 6.07) is 11.7. The van der Waals surface area contributed by atoms with Gasteiger partial charge in [0.15, 0.2) is 5.78 Å². The van der Waals surface area contributed by atoms with Crippen LogP contribution in [-0.2, 0) is 0 Å². The molecule has 0 aliphatic rings. The van der Waals surface area contributed by atoms with Crippen molar-refractivity contribution in [1.29, 1.82) is 0 Å². The lowest BCUT2D eigenvalue weighted by Gasteiger charge is -2.09. The number of carbonyl (C=O) groups excluding carboxylic acids is 1. The fourth-order valence-electron chi connectivity index (χ4n) is 2.53. The van der Waals surface area contributed by atoms with Crippen molar-refractivity contribution in [3.8, 4) is 0 Å². The Kier molecular flexibility index (Phi) is 3.60. The zero-order valence-corrected chi connectivity index (χ0v) is 13.4. The first-order valence-corrected chi connectivity index (χ1v) is 7.51. The van der Waals surface area contributed by atoms with Crippen LogP contribution in [0.2, 0.25) is 0 Å². The molecule has 0 atom stereocenters. The maximum atomic E-state index is 12.8. The molecule has 104 valence electrons. The molecule has 0 amide bonds. The Morgan fingerprint density at radius 1 is 1.05 bits per heavy atom. The average molecular weight is 340 g/mol. The van der Waals surface area contributed by atoms with E-state index in [9.17, 15) is 4.79 Å². The number of benzene rings is 2. The third-order valence-electron chi connectivity index (χ3n) is 3.61. The van der Waals surface area contributed by atoms with E-state index in [1.165, 1.54) is 0 Å². The molecule has 3 rings (SSSR count). The van der Waals surface area contributed by atoms with Crippen LogP contribution in [-0.4, -0.2) is 10.8 Å². The SMILES string of the molecule is Cc1cc(C(=O)c2cncc3ccccc23)cc(C)c1Br. The summed E-state index contributed by atoms with van der Waals surface area (Å²) in [7, 11) is 0. The molecule has 0 spiro atoms. The highest BCUT2D eigenvalue weighted by Gasteiger charge is 2.14. The van der Waals surface area contributed by atoms with Crippen molar-refractivity contribution in [2.45, 2.75) is 13.8 Å². The third-order valence-corrected chi connectivity index (χ3v) is 4.86. The maximum Gasteiger partial charge on any atom is 0.195 e. The first kappa shape index (κ1) is 14.0. The highest BCUT2D eigenvalue weighted by atomic mass is 79.9. The minimum atomic E-state index is 0.0120. The number of rotatable bonds is 2. The number of fused-ring (bicyclic) bond motifs is 1. The topological polar surface area (TPSA) is 30.0 Å². The quantitative estimate of drug-likeness (QED) is 0.625. The van der Waals surface area contributed by atoms with Crippen LogP contribution >= 0.6 is 15.9 Å². The molecule has 2 aromatic carbocycles. The van der Waals surface area contributed by atoms with E-state index >= 15 is 0 Å². The molecule has 0 N–H and O–H groups in total. The minimum Gasteiger partial charge on any atom is -0.289 e. The fourth-order valence-corrected chi connectivity index (χ4v) is 2.76. The molecule has 0 saturated carbocycles. The van der Waals surface area contributed by atoms with E-state index in [-0.39, 0.29) is 5.78 Å². The summed E-state index contributed by atoms with van der Waals surface area (Å²) in [6.45, 7) is 3.99. The van der Waals surface area contributed by atoms with Crippen LogP contribution < -0.4 is 0 Å². The second kappa shape index (κ2) is 5.41. The molecule has 0 saturated heterocycles. The van der Waals surface area contributed by atoms with E-state index in [1.807, 2.05) is 50.2 Å². The number of aromatic nitrogens is 1. The molecular weight excluding hydrogens is 326 g/mol. The summed E-state index contributed by atoms with van der Waals surface area (Å²) in [4.78, 5) is 17.0. The molecular formula is C18H14BrNO. The van der Waals surface area contributed by atoms with Gasteiger partial charge in [0, 0.05) is 33.4 Å². The zero-order valence-electron chi connectivity index (χ0n) is 11.9. The summed E-state index contributed by atoms with van der Waals surface area (Å²) < 4.78 is 1.05. The molecule has 3 heteroatoms. The molecule has 1 aromatic heterocycles. The molecule has 0 fully saturated rings. The van der Waals surface area contributed by atoms with E-state index in [0.29, 0.717) is 11.1 Å². The summed E-state index contributed by atoms with van der Waals surface area (Å²) >= 11 is 3.53. The summed E-state index contributed by atoms with van der Waals surface area (Å²) in [5.74, 6) is 0.0120. The van der Waals surface area contributed by atoms with E-state index in [2.05, 4.69) is 20.9 Å². The van der Waals surface area contributed by atoms with E-state index < -0.39 is 0 Å². The number of halogens is 1. The monoisotopic (exact) mass is 339 g/mol. The van der Waals surface area contributed by atoms with Gasteiger partial charge in [0.2, 0.25) is 0 Å². The Labute approximate surface area is 132 Å². The number of pyridine rings is 1. The second-order valence-corrected chi connectivity index (χ2v) is 5.95. The molecule has 0 unspecified atom stereocenters. The molecule has 3 aromatic rings. The molecule has 1 heterocycles. The van der Waals surface area contributed by atoms with Crippen molar-refractivity contribution in [1.82, 2.24) is 4.98 Å². The second-order valence-electron chi connectivity index (χ2n) is 5.16. The predicted molar refractivity (Wildman–Crippen MR) is 88.8 cm³/mol. The van der Waals surface area contributed by atoms with Crippen LogP contribution in [0.4, 0.5) is 0 Å². The molecule has 0 radical (unpaired) electrons. The summed E-state index contributed by atoms with van der Waals surface area (Å²) in [5, 5.41) is 1.92. The van der Waals surface area contributed by atoms with Crippen LogP contribution in [0.5, 0.6) is 0 Å². The minimum absolute atomic E-state index is 0.0120. The zero-order chi connectivity index (χ0) is 15.0. The lowest BCUT2D eigenvalue weighted by Crippen LogP contribution is -2.04. The van der Waals surface area contributed by atoms with Gasteiger partial charge in [-0.3, -0.25) is 9.78 Å². The molecule has 0 aliphatic heterocycles. The van der Waals surface area contributed by atoms with Gasteiger partial charge in [0.25, 0.3) is 0 Å². The van der Waals surface area contributed by atoms with Crippen molar-refractivity contribution >= 4 is 32.5 Å². The number of hydrogen-bond donors (Lipinski definition) is 0. The van der Waals surface area contributed by atoms with Crippen molar-refractivity contribution in [2.24, 2.45) is 0 Å². The van der Waals surface area contributed by atoms with Crippen molar-refractivity contribution < 1.29 is 4.79 Å². The van der Waals surface area contributed by atoms with Crippen LogP contribution in [0.15, 0.2) is 53.3 Å². The number of hydrogen-bond acceptors (Lipinski definition) is 2. The van der Waals surface area contributed by atoms with E-state index in [0.717, 1.165) is 26.4 Å². The van der Waals surface area contributed by atoms with Gasteiger partial charge in [0.1, 0.15) is 0 Å². The summed E-state index contributed by atoms with van der Waals surface area (Å²) in [6.07, 6.45) is 3.43. The summed E-state index contributed by atoms with van der Waals surface area (Å²) in [5.41, 5.74) is 3.47. The van der Waals surface area contributed by atoms with Gasteiger partial charge in [-0.15, -0.1) is 0 Å². The molecule has 0 bridgehead atoms. The van der Waals surface area contributed by atoms with Gasteiger partial charge >= 0.3 is 0 Å². The Morgan fingerprint density at radius 3 is 2.43 bits per heavy atom. The van der Waals surface area contributed by atoms with Crippen molar-refractivity contribution in [3.05, 3.63) is 75.5 Å². The number of aryl methyl sites for hydroxylation is 2. The highest BCUT2D eigenvalue weighted by Crippen LogP contribution is 2.25. The first-order valence-electron chi connectivity index (χ1n) is 6.72. The van der Waals surface area contributed by atoms with Crippen molar-refractivity contribution in [3.63, 3.8) is 0 Å². The largest absolute Gasteiger partial charge is 0.289 e. The van der Waals surface area contributed by atoms with E-state index in [4.69, 9.17) is 0 Å². The number of carbonyl (C=O) groups is 1. The maximum absolute atomic E-state index is 12.8. The molecule has 21 heavy (non-hydrogen) atoms. The molecule has 2 nitrogen and oxygen atoms in total. The third kappa shape index (κ3) is 2.49. The Bertz CT molecular complexity index is 826. The van der Waals surface area contributed by atoms with Gasteiger partial charge in [-0.25, -0.2) is 0 Å². The number of nitrogens with zero attached hydrogens (tertiary/aromatic N) is 1. The van der Waals surface area contributed by atoms with Gasteiger partial charge in [-0.1, -0.05) is 40.2 Å². The van der Waals surface area contributed by atoms with Crippen LogP contribution in [0.25, 0.3) is 10.8 Å². The number of ketones is 1. The lowest BCUT2D eigenvalue weighted by molar-refractivity contribution is 0.104. The Hall–Kier alpha value is -2.00. The van der Waals surface area contributed by atoms with Crippen LogP contribution in [0.1, 0.15) is 27.0 Å². The first-order chi connectivity index (χ1) is 10.1. The smallest absolute Gasteiger partial charge is 0.195 e. The van der Waals surface area contributed by atoms with E-state index in [1.54, 1.807) is 12.4 Å². The molecule has 0 aliphatic carbocycles. The van der Waals surface area contributed by atoms with Gasteiger partial charge < -0.3 is 0 Å². The fraction of sp³-hybridized carbons (Fsp3) is 0.111. The highest BCUT2D eigenvalue weighted by molar-refractivity contribution is 9.10. The van der Waals surface area contributed by atoms with Crippen LogP contribution in [0.3, 0.4) is 0 Å². The average Bonchev–Trinajstić information content (AvgIpc) is 2.51. The van der Waals surface area contributed by atoms with Gasteiger partial charge in [0.05, 0.1) is 0 Å². The van der Waals surface area contributed by atoms with Crippen molar-refractivity contribution in [2.75, 3.05) is 0 Å². The van der Waals surface area contributed by atoms with Gasteiger partial charge in [-0.2, -0.15) is 0 Å². The normalized spacial score (nSPS) is 10.8. The predicted octanol–water partition coefficient (Wildman–Crippen LogP) is 4.85. The standard InChI is InChI=1S/C18H14BrNO/c1-11-7-14(8-12(2)17(11)19)18(21)16-10-20-9-13-5-3-4-6-15(13)16/h3-10H,1-2H3. The Morgan fingerprint density at radius 2 is 1.71 bits per heavy atom. The Balaban J connectivity index is 2.17.